The van der Waals surface area contributed by atoms with Crippen LogP contribution in [0.15, 0.2) is 231 Å². The molecule has 0 aliphatic heterocycles. The van der Waals surface area contributed by atoms with Gasteiger partial charge >= 0.3 is 27.0 Å². The molecule has 57 heavy (non-hydrogen) atoms. The van der Waals surface area contributed by atoms with Gasteiger partial charge < -0.3 is 0 Å². The van der Waals surface area contributed by atoms with Crippen LogP contribution in [0.5, 0.6) is 0 Å². The van der Waals surface area contributed by atoms with E-state index in [1.165, 1.54) is 48.3 Å². The maximum atomic E-state index is 4.57. The second kappa shape index (κ2) is 22.8. The van der Waals surface area contributed by atoms with Crippen LogP contribution in [-0.4, -0.2) is 0 Å². The summed E-state index contributed by atoms with van der Waals surface area (Å²) in [5, 5.41) is 9.84. The van der Waals surface area contributed by atoms with E-state index < -0.39 is 23.8 Å². The minimum Gasteiger partial charge on any atom is -0.0622 e. The molecular weight excluding hydrogens is 854 g/mol. The fraction of sp³-hybridized carbons (Fsp3) is 0.0769. The first-order valence-corrected chi connectivity index (χ1v) is 25.5. The predicted octanol–water partition coefficient (Wildman–Crippen LogP) is 12.0. The fourth-order valence-electron chi connectivity index (χ4n) is 7.00. The average Bonchev–Trinajstić information content (AvgIpc) is 3.30. The van der Waals surface area contributed by atoms with Crippen LogP contribution >= 0.6 is 33.5 Å². The molecule has 2 unspecified atom stereocenters. The molecule has 2 atom stereocenters. The number of benzene rings is 8. The number of halogens is 1. The summed E-state index contributed by atoms with van der Waals surface area (Å²) in [4.78, 5) is 0. The first-order chi connectivity index (χ1) is 28.2. The van der Waals surface area contributed by atoms with Crippen LogP contribution in [0.25, 0.3) is 0 Å². The van der Waals surface area contributed by atoms with E-state index in [1.54, 1.807) is 0 Å². The van der Waals surface area contributed by atoms with E-state index in [4.69, 9.17) is 0 Å². The third-order valence-corrected chi connectivity index (χ3v) is 17.7. The summed E-state index contributed by atoms with van der Waals surface area (Å²) in [5.74, 6) is 0. The summed E-state index contributed by atoms with van der Waals surface area (Å²) in [6, 6.07) is 87.0. The van der Waals surface area contributed by atoms with Crippen LogP contribution in [0.2, 0.25) is 0 Å². The number of hydrogen-bond acceptors (Lipinski definition) is 0. The summed E-state index contributed by atoms with van der Waals surface area (Å²) in [6.07, 6.45) is 0. The summed E-state index contributed by atoms with van der Waals surface area (Å²) in [6.45, 7) is 4.76. The van der Waals surface area contributed by atoms with E-state index in [-0.39, 0.29) is 0 Å². The number of hydrogen-bond donors (Lipinski definition) is 0. The van der Waals surface area contributed by atoms with Gasteiger partial charge in [0.15, 0.2) is 0 Å². The maximum absolute atomic E-state index is 4.57. The van der Waals surface area contributed by atoms with Gasteiger partial charge in [0, 0.05) is 0 Å². The van der Waals surface area contributed by atoms with E-state index in [2.05, 4.69) is 260 Å². The summed E-state index contributed by atoms with van der Waals surface area (Å²) in [5.41, 5.74) is 3.32. The van der Waals surface area contributed by atoms with E-state index in [1.807, 2.05) is 17.3 Å². The van der Waals surface area contributed by atoms with Gasteiger partial charge in [-0.2, -0.15) is 35.4 Å². The second-order valence-corrected chi connectivity index (χ2v) is 20.7. The minimum absolute atomic E-state index is 0.358. The zero-order valence-electron chi connectivity index (χ0n) is 32.2. The molecule has 8 aromatic carbocycles. The molecule has 8 aromatic rings. The summed E-state index contributed by atoms with van der Waals surface area (Å²) in [7, 11) is 3.02. The van der Waals surface area contributed by atoms with Crippen molar-refractivity contribution < 1.29 is 17.3 Å². The molecule has 0 aliphatic carbocycles. The van der Waals surface area contributed by atoms with E-state index in [0.29, 0.717) is 11.3 Å². The Morgan fingerprint density at radius 3 is 0.754 bits per heavy atom. The Balaban J connectivity index is 0.000000219. The molecule has 284 valence electrons. The Bertz CT molecular complexity index is 2020. The predicted molar refractivity (Wildman–Crippen MR) is 251 cm³/mol. The van der Waals surface area contributed by atoms with Crippen LogP contribution < -0.4 is 37.1 Å². The molecule has 0 bridgehead atoms. The molecule has 0 aliphatic rings. The Kier molecular flexibility index (Phi) is 17.0. The van der Waals surface area contributed by atoms with Gasteiger partial charge in [-0.25, -0.2) is 0 Å². The van der Waals surface area contributed by atoms with Crippen molar-refractivity contribution in [2.75, 3.05) is 0 Å². The third-order valence-electron chi connectivity index (χ3n) is 9.70. The van der Waals surface area contributed by atoms with E-state index in [9.17, 15) is 0 Å². The van der Waals surface area contributed by atoms with E-state index in [0.717, 1.165) is 0 Å². The molecule has 5 heteroatoms. The molecule has 0 saturated heterocycles. The van der Waals surface area contributed by atoms with Crippen LogP contribution in [0.3, 0.4) is 0 Å². The first kappa shape index (κ1) is 42.6. The smallest absolute Gasteiger partial charge is 0.0134 e. The molecule has 0 N–H and O–H groups in total. The monoisotopic (exact) mass is 900 g/mol. The van der Waals surface area contributed by atoms with Gasteiger partial charge in [0.1, 0.15) is 0 Å². The van der Waals surface area contributed by atoms with Gasteiger partial charge in [-0.05, 0) is 72.2 Å². The molecule has 0 amide bonds. The maximum Gasteiger partial charge on any atom is -0.0134 e. The quantitative estimate of drug-likeness (QED) is 0.0689. The Labute approximate surface area is 358 Å². The zero-order valence-corrected chi connectivity index (χ0v) is 37.3. The van der Waals surface area contributed by atoms with Crippen LogP contribution in [0.4, 0.5) is 0 Å². The minimum atomic E-state index is -0.549. The van der Waals surface area contributed by atoms with Crippen molar-refractivity contribution in [2.24, 2.45) is 0 Å². The molecule has 0 aromatic heterocycles. The van der Waals surface area contributed by atoms with Gasteiger partial charge in [0.25, 0.3) is 0 Å². The van der Waals surface area contributed by atoms with Crippen molar-refractivity contribution in [1.82, 2.24) is 0 Å². The number of rotatable bonds is 11. The Morgan fingerprint density at radius 1 is 0.316 bits per heavy atom. The molecule has 0 nitrogen and oxygen atoms in total. The fourth-order valence-corrected chi connectivity index (χ4v) is 14.5. The first-order valence-electron chi connectivity index (χ1n) is 19.1. The summed E-state index contributed by atoms with van der Waals surface area (Å²) >= 11 is 1.82. The van der Waals surface area contributed by atoms with Gasteiger partial charge in [-0.15, -0.1) is 0 Å². The van der Waals surface area contributed by atoms with Gasteiger partial charge in [0.05, 0.1) is 0 Å². The summed E-state index contributed by atoms with van der Waals surface area (Å²) < 4.78 is 0. The van der Waals surface area contributed by atoms with Crippen molar-refractivity contribution in [3.8, 4) is 0 Å². The normalized spacial score (nSPS) is 11.8. The average molecular weight is 900 g/mol. The third kappa shape index (κ3) is 11.6. The Morgan fingerprint density at radius 2 is 0.526 bits per heavy atom. The molecule has 0 fully saturated rings. The van der Waals surface area contributed by atoms with Crippen LogP contribution in [0.1, 0.15) is 36.3 Å². The molecule has 0 radical (unpaired) electrons. The second-order valence-electron chi connectivity index (χ2n) is 13.3. The molecule has 0 heterocycles. The van der Waals surface area contributed by atoms with Gasteiger partial charge in [-0.1, -0.05) is 226 Å². The Hall–Kier alpha value is -4.04. The van der Waals surface area contributed by atoms with Crippen LogP contribution in [-0.2, 0) is 17.3 Å². The molecule has 0 saturated carbocycles. The van der Waals surface area contributed by atoms with E-state index >= 15 is 0 Å². The largest absolute Gasteiger partial charge is 0.0622 e. The van der Waals surface area contributed by atoms with Crippen LogP contribution in [0, 0.1) is 6.07 Å². The molecule has 0 spiro atoms. The van der Waals surface area contributed by atoms with Gasteiger partial charge in [-0.3, -0.25) is 0 Å². The van der Waals surface area contributed by atoms with Crippen molar-refractivity contribution in [2.45, 2.75) is 25.2 Å². The van der Waals surface area contributed by atoms with Crippen molar-refractivity contribution in [1.29, 1.82) is 0 Å². The molecular formula is C52H46ClP3Ru. The zero-order chi connectivity index (χ0) is 39.7. The van der Waals surface area contributed by atoms with Crippen molar-refractivity contribution in [3.05, 3.63) is 248 Å². The SMILES string of the molecule is CC(c1[c-]c(C(C)P(c2ccccc2)c2ccccc2)ccc1)P(c1ccccc1)c1ccccc1.[Cl][Ru+].c1ccc(P(c2ccccc2)c2ccccc2)cc1. The topological polar surface area (TPSA) is 0 Å². The van der Waals surface area contributed by atoms with Gasteiger partial charge in [0.2, 0.25) is 0 Å². The van der Waals surface area contributed by atoms with Crippen molar-refractivity contribution in [3.63, 3.8) is 0 Å². The molecule has 8 rings (SSSR count). The standard InChI is InChI=1S/C34H31P2.C18H15P.ClH.Ru/c1-27(35(31-18-7-3-8-19-31)32-20-9-4-10-21-32)29-16-15-17-30(26-29)28(2)36(33-22-11-5-12-23-33)34-24-13-6-14-25-34;1-4-10-16(11-5-1)19(17-12-6-2-7-13-17)18-14-8-3-9-15-18;;/h3-25,27-28H,1-2H3;1-15H;1H;/q-1;;;+2/p-1. The van der Waals surface area contributed by atoms with Crippen molar-refractivity contribution >= 4 is 70.6 Å².